The molecule has 1 aliphatic rings. The van der Waals surface area contributed by atoms with Gasteiger partial charge in [0.1, 0.15) is 5.82 Å². The quantitative estimate of drug-likeness (QED) is 0.280. The molecule has 2 aromatic heterocycles. The second-order valence-corrected chi connectivity index (χ2v) is 7.19. The number of rotatable bonds is 8. The first-order valence-electron chi connectivity index (χ1n) is 9.90. The van der Waals surface area contributed by atoms with E-state index in [1.807, 2.05) is 12.1 Å². The Bertz CT molecular complexity index is 725. The van der Waals surface area contributed by atoms with Crippen LogP contribution < -0.4 is 10.6 Å². The van der Waals surface area contributed by atoms with E-state index >= 15 is 0 Å². The summed E-state index contributed by atoms with van der Waals surface area (Å²) in [5.41, 5.74) is 0. The summed E-state index contributed by atoms with van der Waals surface area (Å²) in [6.45, 7) is 8.61. The van der Waals surface area contributed by atoms with Gasteiger partial charge in [-0.05, 0) is 38.8 Å². The van der Waals surface area contributed by atoms with Crippen LogP contribution >= 0.6 is 24.0 Å². The number of likely N-dealkylation sites (tertiary alicyclic amines) is 1. The third-order valence-electron chi connectivity index (χ3n) is 4.71. The monoisotopic (exact) mass is 517 g/mol. The molecule has 0 radical (unpaired) electrons. The molecule has 2 aromatic rings. The van der Waals surface area contributed by atoms with Crippen molar-refractivity contribution in [3.05, 3.63) is 24.2 Å². The van der Waals surface area contributed by atoms with E-state index < -0.39 is 0 Å². The summed E-state index contributed by atoms with van der Waals surface area (Å²) in [4.78, 5) is 11.2. The topological polar surface area (TPSA) is 104 Å². The Morgan fingerprint density at radius 1 is 1.41 bits per heavy atom. The minimum atomic E-state index is 0. The van der Waals surface area contributed by atoms with Crippen LogP contribution in [-0.4, -0.2) is 71.5 Å². The molecule has 3 heterocycles. The summed E-state index contributed by atoms with van der Waals surface area (Å²) < 4.78 is 11.0. The molecule has 0 aliphatic carbocycles. The molecule has 1 fully saturated rings. The highest BCUT2D eigenvalue weighted by Gasteiger charge is 2.20. The molecule has 0 saturated carbocycles. The van der Waals surface area contributed by atoms with Gasteiger partial charge in [0.2, 0.25) is 5.82 Å². The lowest BCUT2D eigenvalue weighted by atomic mass is 10.1. The molecule has 1 aliphatic heterocycles. The van der Waals surface area contributed by atoms with E-state index in [4.69, 9.17) is 9.15 Å². The van der Waals surface area contributed by atoms with Gasteiger partial charge in [0.15, 0.2) is 11.7 Å². The number of piperidine rings is 1. The highest BCUT2D eigenvalue weighted by atomic mass is 127. The second kappa shape index (κ2) is 12.1. The van der Waals surface area contributed by atoms with Crippen LogP contribution in [0.2, 0.25) is 0 Å². The highest BCUT2D eigenvalue weighted by molar-refractivity contribution is 14.0. The number of H-pyrrole nitrogens is 1. The van der Waals surface area contributed by atoms with Crippen LogP contribution in [0.4, 0.5) is 0 Å². The molecular weight excluding hydrogens is 485 g/mol. The third kappa shape index (κ3) is 7.59. The molecule has 0 unspecified atom stereocenters. The average Bonchev–Trinajstić information content (AvgIpc) is 3.37. The number of furan rings is 1. The number of nitrogens with zero attached hydrogens (tertiary/aromatic N) is 4. The lowest BCUT2D eigenvalue weighted by molar-refractivity contribution is 0.0532. The lowest BCUT2D eigenvalue weighted by Gasteiger charge is -2.33. The van der Waals surface area contributed by atoms with Crippen molar-refractivity contribution in [1.29, 1.82) is 0 Å². The van der Waals surface area contributed by atoms with Crippen LogP contribution in [0, 0.1) is 0 Å². The normalized spacial score (nSPS) is 16.1. The summed E-state index contributed by atoms with van der Waals surface area (Å²) >= 11 is 0. The smallest absolute Gasteiger partial charge is 0.216 e. The van der Waals surface area contributed by atoms with Gasteiger partial charge < -0.3 is 24.7 Å². The predicted octanol–water partition coefficient (Wildman–Crippen LogP) is 2.24. The average molecular weight is 517 g/mol. The van der Waals surface area contributed by atoms with Gasteiger partial charge in [-0.1, -0.05) is 0 Å². The van der Waals surface area contributed by atoms with E-state index in [2.05, 4.69) is 49.6 Å². The number of guanidine groups is 1. The van der Waals surface area contributed by atoms with Crippen molar-refractivity contribution in [3.63, 3.8) is 0 Å². The molecule has 0 amide bonds. The van der Waals surface area contributed by atoms with E-state index in [0.717, 1.165) is 50.9 Å². The molecule has 0 bridgehead atoms. The van der Waals surface area contributed by atoms with Gasteiger partial charge in [0, 0.05) is 32.7 Å². The summed E-state index contributed by atoms with van der Waals surface area (Å²) in [5, 5.41) is 13.9. The van der Waals surface area contributed by atoms with Crippen LogP contribution in [0.1, 0.15) is 32.5 Å². The minimum absolute atomic E-state index is 0. The molecule has 0 aromatic carbocycles. The molecule has 29 heavy (non-hydrogen) atoms. The van der Waals surface area contributed by atoms with Crippen LogP contribution in [0.25, 0.3) is 11.6 Å². The van der Waals surface area contributed by atoms with Crippen molar-refractivity contribution >= 4 is 29.9 Å². The lowest BCUT2D eigenvalue weighted by Crippen LogP contribution is -2.49. The van der Waals surface area contributed by atoms with Gasteiger partial charge in [-0.15, -0.1) is 29.1 Å². The highest BCUT2D eigenvalue weighted by Crippen LogP contribution is 2.14. The number of hydrogen-bond donors (Lipinski definition) is 3. The Balaban J connectivity index is 0.00000300. The molecule has 1 saturated heterocycles. The number of aromatic nitrogens is 3. The Hall–Kier alpha value is -1.66. The molecule has 3 N–H and O–H groups in total. The van der Waals surface area contributed by atoms with Crippen LogP contribution in [0.5, 0.6) is 0 Å². The zero-order valence-corrected chi connectivity index (χ0v) is 19.7. The number of aliphatic imine (C=N–C) groups is 1. The first kappa shape index (κ1) is 23.6. The number of aromatic amines is 1. The molecule has 0 atom stereocenters. The second-order valence-electron chi connectivity index (χ2n) is 7.19. The van der Waals surface area contributed by atoms with Gasteiger partial charge in [0.05, 0.1) is 25.5 Å². The van der Waals surface area contributed by atoms with Crippen molar-refractivity contribution in [2.75, 3.05) is 33.3 Å². The van der Waals surface area contributed by atoms with Crippen molar-refractivity contribution in [3.8, 4) is 11.6 Å². The maximum atomic E-state index is 5.65. The third-order valence-corrected chi connectivity index (χ3v) is 4.71. The van der Waals surface area contributed by atoms with Crippen LogP contribution in [0.15, 0.2) is 27.8 Å². The van der Waals surface area contributed by atoms with Crippen molar-refractivity contribution in [2.45, 2.75) is 45.4 Å². The number of halogens is 1. The maximum absolute atomic E-state index is 5.65. The van der Waals surface area contributed by atoms with Crippen molar-refractivity contribution in [2.24, 2.45) is 4.99 Å². The number of ether oxygens (including phenoxy) is 1. The summed E-state index contributed by atoms with van der Waals surface area (Å²) in [7, 11) is 1.78. The van der Waals surface area contributed by atoms with E-state index in [1.165, 1.54) is 0 Å². The van der Waals surface area contributed by atoms with Crippen molar-refractivity contribution in [1.82, 2.24) is 30.7 Å². The Morgan fingerprint density at radius 2 is 2.21 bits per heavy atom. The fraction of sp³-hybridized carbons (Fsp3) is 0.632. The molecule has 0 spiro atoms. The van der Waals surface area contributed by atoms with E-state index in [1.54, 1.807) is 13.3 Å². The molecular formula is C19H32IN7O2. The summed E-state index contributed by atoms with van der Waals surface area (Å²) in [6, 6.07) is 4.07. The number of nitrogens with one attached hydrogen (secondary N) is 3. The van der Waals surface area contributed by atoms with Crippen LogP contribution in [-0.2, 0) is 11.3 Å². The van der Waals surface area contributed by atoms with Crippen LogP contribution in [0.3, 0.4) is 0 Å². The van der Waals surface area contributed by atoms with E-state index in [0.29, 0.717) is 30.3 Å². The van der Waals surface area contributed by atoms with E-state index in [9.17, 15) is 0 Å². The van der Waals surface area contributed by atoms with Gasteiger partial charge >= 0.3 is 0 Å². The standard InChI is InChI=1S/C19H31N7O2.HI/c1-14(2)27-12-10-26-8-6-15(7-9-26)22-19(20-3)21-13-17-23-18(25-24-17)16-5-4-11-28-16;/h4-5,11,14-15H,6-10,12-13H2,1-3H3,(H2,20,21,22)(H,23,24,25);1H. The fourth-order valence-corrected chi connectivity index (χ4v) is 3.16. The fourth-order valence-electron chi connectivity index (χ4n) is 3.16. The Morgan fingerprint density at radius 3 is 2.86 bits per heavy atom. The van der Waals surface area contributed by atoms with Gasteiger partial charge in [-0.2, -0.15) is 0 Å². The Kier molecular flexibility index (Phi) is 9.88. The first-order valence-corrected chi connectivity index (χ1v) is 9.90. The Labute approximate surface area is 189 Å². The van der Waals surface area contributed by atoms with Crippen molar-refractivity contribution < 1.29 is 9.15 Å². The first-order chi connectivity index (χ1) is 13.6. The zero-order chi connectivity index (χ0) is 19.8. The summed E-state index contributed by atoms with van der Waals surface area (Å²) in [6.07, 6.45) is 4.09. The summed E-state index contributed by atoms with van der Waals surface area (Å²) in [5.74, 6) is 2.71. The molecule has 3 rings (SSSR count). The maximum Gasteiger partial charge on any atom is 0.216 e. The molecule has 162 valence electrons. The molecule has 9 nitrogen and oxygen atoms in total. The van der Waals surface area contributed by atoms with Gasteiger partial charge in [0.25, 0.3) is 0 Å². The predicted molar refractivity (Wildman–Crippen MR) is 123 cm³/mol. The zero-order valence-electron chi connectivity index (χ0n) is 17.4. The molecule has 10 heteroatoms. The van der Waals surface area contributed by atoms with E-state index in [-0.39, 0.29) is 24.0 Å². The largest absolute Gasteiger partial charge is 0.461 e. The van der Waals surface area contributed by atoms with Gasteiger partial charge in [-0.25, -0.2) is 4.98 Å². The number of hydrogen-bond acceptors (Lipinski definition) is 6. The van der Waals surface area contributed by atoms with Gasteiger partial charge in [-0.3, -0.25) is 10.1 Å². The minimum Gasteiger partial charge on any atom is -0.461 e. The SMILES string of the molecule is CN=C(NCc1nc(-c2ccco2)n[nH]1)NC1CCN(CCOC(C)C)CC1.I.